The first kappa shape index (κ1) is 53.5. The van der Waals surface area contributed by atoms with Gasteiger partial charge >= 0.3 is 25.7 Å². The third-order valence-electron chi connectivity index (χ3n) is 10.2. The minimum Gasteiger partial charge on any atom is -0.480 e. The number of hydrogen-bond acceptors (Lipinski definition) is 9. The van der Waals surface area contributed by atoms with E-state index in [-0.39, 0.29) is 13.0 Å². The van der Waals surface area contributed by atoms with E-state index in [2.05, 4.69) is 11.4 Å². The molecule has 0 heterocycles. The topological polar surface area (TPSA) is 172 Å². The van der Waals surface area contributed by atoms with Gasteiger partial charge in [0.25, 0.3) is 0 Å². The molecule has 0 saturated heterocycles. The second-order valence-electron chi connectivity index (χ2n) is 15.6. The average molecular weight is 806 g/mol. The lowest BCUT2D eigenvalue weighted by Crippen LogP contribution is -2.34. The molecule has 0 aromatic carbocycles. The summed E-state index contributed by atoms with van der Waals surface area (Å²) in [6.45, 7) is 1.73. The van der Waals surface area contributed by atoms with Crippen molar-refractivity contribution in [1.82, 2.24) is 0 Å². The van der Waals surface area contributed by atoms with Crippen molar-refractivity contribution in [3.8, 4) is 0 Å². The van der Waals surface area contributed by atoms with Crippen molar-refractivity contribution in [1.29, 1.82) is 0 Å². The molecule has 0 amide bonds. The van der Waals surface area contributed by atoms with E-state index in [1.165, 1.54) is 180 Å². The first-order valence-electron chi connectivity index (χ1n) is 22.5. The van der Waals surface area contributed by atoms with Crippen molar-refractivity contribution in [2.75, 3.05) is 19.8 Å². The summed E-state index contributed by atoms with van der Waals surface area (Å²) in [4.78, 5) is 43.9. The van der Waals surface area contributed by atoms with Crippen LogP contribution < -0.4 is 5.73 Å². The smallest absolute Gasteiger partial charge is 0.472 e. The van der Waals surface area contributed by atoms with Gasteiger partial charge in [-0.2, -0.15) is 0 Å². The van der Waals surface area contributed by atoms with Crippen LogP contribution in [0.4, 0.5) is 0 Å². The molecule has 4 N–H and O–H groups in total. The summed E-state index contributed by atoms with van der Waals surface area (Å²) in [5.41, 5.74) is 5.24. The van der Waals surface area contributed by atoms with Gasteiger partial charge in [0.1, 0.15) is 12.6 Å². The van der Waals surface area contributed by atoms with Crippen LogP contribution >= 0.6 is 7.82 Å². The largest absolute Gasteiger partial charge is 0.480 e. The van der Waals surface area contributed by atoms with E-state index in [0.29, 0.717) is 6.42 Å². The Labute approximate surface area is 335 Å². The lowest BCUT2D eigenvalue weighted by Gasteiger charge is -2.19. The number of rotatable bonds is 43. The summed E-state index contributed by atoms with van der Waals surface area (Å²) < 4.78 is 31.4. The van der Waals surface area contributed by atoms with Crippen molar-refractivity contribution in [2.24, 2.45) is 5.73 Å². The molecule has 0 fully saturated rings. The number of nitrogens with two attached hydrogens (primary N) is 1. The fourth-order valence-corrected chi connectivity index (χ4v) is 7.49. The fraction of sp³-hybridized carbons (Fsp3) is 0.930. The zero-order chi connectivity index (χ0) is 40.7. The van der Waals surface area contributed by atoms with Crippen LogP contribution in [-0.4, -0.2) is 59.9 Å². The second kappa shape index (κ2) is 39.3. The highest BCUT2D eigenvalue weighted by Gasteiger charge is 2.27. The van der Waals surface area contributed by atoms with Crippen LogP contribution in [-0.2, 0) is 37.5 Å². The molecule has 0 radical (unpaired) electrons. The van der Waals surface area contributed by atoms with E-state index >= 15 is 0 Å². The quantitative estimate of drug-likeness (QED) is 0.0304. The Bertz CT molecular complexity index is 952. The molecule has 0 aliphatic rings. The third-order valence-corrected chi connectivity index (χ3v) is 11.1. The third kappa shape index (κ3) is 40.5. The van der Waals surface area contributed by atoms with Crippen LogP contribution in [0, 0.1) is 0 Å². The fourth-order valence-electron chi connectivity index (χ4n) is 6.72. The molecule has 0 spiro atoms. The highest BCUT2D eigenvalue weighted by molar-refractivity contribution is 7.47. The lowest BCUT2D eigenvalue weighted by molar-refractivity contribution is -0.159. The maximum Gasteiger partial charge on any atom is 0.472 e. The molecule has 12 heteroatoms. The van der Waals surface area contributed by atoms with Gasteiger partial charge in [-0.25, -0.2) is 4.57 Å². The number of carboxylic acid groups (broad SMARTS) is 1. The van der Waals surface area contributed by atoms with Crippen LogP contribution in [0.2, 0.25) is 0 Å². The van der Waals surface area contributed by atoms with E-state index in [1.807, 2.05) is 0 Å². The minimum absolute atomic E-state index is 0.224. The number of hydrogen-bond donors (Lipinski definition) is 3. The van der Waals surface area contributed by atoms with Crippen LogP contribution in [0.25, 0.3) is 0 Å². The van der Waals surface area contributed by atoms with Crippen molar-refractivity contribution >= 4 is 25.7 Å². The molecule has 55 heavy (non-hydrogen) atoms. The van der Waals surface area contributed by atoms with Gasteiger partial charge in [0, 0.05) is 13.3 Å². The first-order chi connectivity index (χ1) is 26.6. The van der Waals surface area contributed by atoms with E-state index in [9.17, 15) is 23.8 Å². The normalized spacial score (nSPS) is 13.7. The highest BCUT2D eigenvalue weighted by Crippen LogP contribution is 2.43. The number of carboxylic acids is 1. The molecule has 0 bridgehead atoms. The predicted octanol–water partition coefficient (Wildman–Crippen LogP) is 11.9. The first-order valence-corrected chi connectivity index (χ1v) is 24.0. The van der Waals surface area contributed by atoms with Gasteiger partial charge in [0.2, 0.25) is 0 Å². The number of carbonyl (C=O) groups excluding carboxylic acids is 2. The maximum absolute atomic E-state index is 12.1. The molecule has 0 rings (SSSR count). The van der Waals surface area contributed by atoms with Crippen molar-refractivity contribution in [3.63, 3.8) is 0 Å². The Kier molecular flexibility index (Phi) is 38.2. The monoisotopic (exact) mass is 806 g/mol. The average Bonchev–Trinajstić information content (AvgIpc) is 3.15. The number of esters is 2. The molecule has 0 aromatic heterocycles. The van der Waals surface area contributed by atoms with Gasteiger partial charge in [-0.3, -0.25) is 23.4 Å². The molecule has 1 unspecified atom stereocenters. The standard InChI is InChI=1S/C43H84NO10P/c1-3-4-5-6-7-8-9-10-11-12-13-14-15-16-17-18-19-20-21-22-23-24-25-26-27-28-29-30-31-32-33-34-35-42(46)51-36-40(54-39(2)45)37-52-55(49,50)53-38-41(44)43(47)48/h40-41H,3-38,44H2,1-2H3,(H,47,48)(H,49,50)/t40-,41+/m1/s1. The Morgan fingerprint density at radius 2 is 0.836 bits per heavy atom. The van der Waals surface area contributed by atoms with Gasteiger partial charge in [-0.15, -0.1) is 0 Å². The predicted molar refractivity (Wildman–Crippen MR) is 222 cm³/mol. The number of phosphoric ester groups is 1. The van der Waals surface area contributed by atoms with Crippen molar-refractivity contribution < 1.29 is 47.5 Å². The van der Waals surface area contributed by atoms with Crippen molar-refractivity contribution in [2.45, 2.75) is 238 Å². The Morgan fingerprint density at radius 1 is 0.527 bits per heavy atom. The van der Waals surface area contributed by atoms with Crippen LogP contribution in [0.15, 0.2) is 0 Å². The summed E-state index contributed by atoms with van der Waals surface area (Å²) in [6.07, 6.45) is 42.2. The number of phosphoric acid groups is 1. The molecule has 0 aliphatic heterocycles. The molecule has 3 atom stereocenters. The Hall–Kier alpha value is -1.52. The van der Waals surface area contributed by atoms with Crippen LogP contribution in [0.3, 0.4) is 0 Å². The zero-order valence-electron chi connectivity index (χ0n) is 35.3. The summed E-state index contributed by atoms with van der Waals surface area (Å²) in [5, 5.41) is 8.73. The van der Waals surface area contributed by atoms with Gasteiger partial charge in [-0.1, -0.05) is 206 Å². The number of unbranched alkanes of at least 4 members (excludes halogenated alkanes) is 31. The van der Waals surface area contributed by atoms with E-state index in [1.54, 1.807) is 0 Å². The molecular weight excluding hydrogens is 721 g/mol. The van der Waals surface area contributed by atoms with Gasteiger partial charge in [0.05, 0.1) is 13.2 Å². The molecule has 0 aliphatic carbocycles. The van der Waals surface area contributed by atoms with Gasteiger partial charge in [0.15, 0.2) is 6.10 Å². The number of aliphatic carboxylic acids is 1. The highest BCUT2D eigenvalue weighted by atomic mass is 31.2. The summed E-state index contributed by atoms with van der Waals surface area (Å²) >= 11 is 0. The molecule has 11 nitrogen and oxygen atoms in total. The molecule has 0 saturated carbocycles. The van der Waals surface area contributed by atoms with Crippen LogP contribution in [0.5, 0.6) is 0 Å². The maximum atomic E-state index is 12.1. The number of carbonyl (C=O) groups is 3. The second-order valence-corrected chi connectivity index (χ2v) is 17.1. The van der Waals surface area contributed by atoms with Crippen LogP contribution in [0.1, 0.15) is 226 Å². The number of ether oxygens (including phenoxy) is 2. The van der Waals surface area contributed by atoms with Gasteiger partial charge < -0.3 is 25.2 Å². The van der Waals surface area contributed by atoms with Crippen molar-refractivity contribution in [3.05, 3.63) is 0 Å². The minimum atomic E-state index is -4.66. The van der Waals surface area contributed by atoms with E-state index in [0.717, 1.165) is 26.2 Å². The molecular formula is C43H84NO10P. The summed E-state index contributed by atoms with van der Waals surface area (Å²) in [7, 11) is -4.66. The van der Waals surface area contributed by atoms with Gasteiger partial charge in [-0.05, 0) is 6.42 Å². The lowest BCUT2D eigenvalue weighted by atomic mass is 10.0. The SMILES string of the molecule is CCCCCCCCCCCCCCCCCCCCCCCCCCCCCCCCCCC(=O)OC[C@H](COP(=O)(O)OC[C@H](N)C(=O)O)OC(C)=O. The Morgan fingerprint density at radius 3 is 1.15 bits per heavy atom. The summed E-state index contributed by atoms with van der Waals surface area (Å²) in [6, 6.07) is -1.51. The zero-order valence-corrected chi connectivity index (χ0v) is 36.2. The molecule has 326 valence electrons. The molecule has 0 aromatic rings. The summed E-state index contributed by atoms with van der Waals surface area (Å²) in [5.74, 6) is -2.56. The Balaban J connectivity index is 3.49. The van der Waals surface area contributed by atoms with E-state index in [4.69, 9.17) is 24.8 Å². The van der Waals surface area contributed by atoms with E-state index < -0.39 is 51.1 Å².